The van der Waals surface area contributed by atoms with Crippen molar-refractivity contribution < 1.29 is 8.42 Å². The average molecular weight is 274 g/mol. The Morgan fingerprint density at radius 3 is 2.67 bits per heavy atom. The molecule has 18 heavy (non-hydrogen) atoms. The third-order valence-electron chi connectivity index (χ3n) is 4.42. The molecule has 2 atom stereocenters. The number of hydrogen-bond acceptors (Lipinski definition) is 4. The largest absolute Gasteiger partial charge is 0.317 e. The molecule has 1 saturated carbocycles. The van der Waals surface area contributed by atoms with Gasteiger partial charge in [0.15, 0.2) is 9.84 Å². The van der Waals surface area contributed by atoms with Crippen molar-refractivity contribution in [2.24, 2.45) is 5.92 Å². The lowest BCUT2D eigenvalue weighted by Gasteiger charge is -2.35. The second kappa shape index (κ2) is 6.35. The van der Waals surface area contributed by atoms with E-state index in [1.54, 1.807) is 0 Å². The van der Waals surface area contributed by atoms with E-state index >= 15 is 0 Å². The van der Waals surface area contributed by atoms with Crippen LogP contribution in [0, 0.1) is 5.92 Å². The highest BCUT2D eigenvalue weighted by Crippen LogP contribution is 2.25. The summed E-state index contributed by atoms with van der Waals surface area (Å²) >= 11 is 0. The summed E-state index contributed by atoms with van der Waals surface area (Å²) in [5.74, 6) is 1.43. The molecular weight excluding hydrogens is 248 g/mol. The number of nitrogens with one attached hydrogen (secondary N) is 1. The van der Waals surface area contributed by atoms with Crippen molar-refractivity contribution >= 4 is 9.84 Å². The van der Waals surface area contributed by atoms with Crippen LogP contribution < -0.4 is 5.32 Å². The van der Waals surface area contributed by atoms with Gasteiger partial charge in [0.05, 0.1) is 11.5 Å². The Morgan fingerprint density at radius 1 is 1.11 bits per heavy atom. The van der Waals surface area contributed by atoms with Crippen molar-refractivity contribution in [2.75, 3.05) is 38.2 Å². The third-order valence-corrected chi connectivity index (χ3v) is 6.14. The molecule has 0 aromatic rings. The van der Waals surface area contributed by atoms with E-state index in [9.17, 15) is 8.42 Å². The zero-order chi connectivity index (χ0) is 13.0. The van der Waals surface area contributed by atoms with E-state index in [0.717, 1.165) is 26.1 Å². The maximum absolute atomic E-state index is 11.6. The van der Waals surface area contributed by atoms with E-state index in [0.29, 0.717) is 23.5 Å². The van der Waals surface area contributed by atoms with E-state index in [1.807, 2.05) is 0 Å². The van der Waals surface area contributed by atoms with Crippen LogP contribution in [0.4, 0.5) is 0 Å². The predicted molar refractivity (Wildman–Crippen MR) is 74.5 cm³/mol. The minimum Gasteiger partial charge on any atom is -0.317 e. The highest BCUT2D eigenvalue weighted by atomic mass is 32.2. The molecule has 2 rings (SSSR count). The van der Waals surface area contributed by atoms with Crippen LogP contribution in [0.5, 0.6) is 0 Å². The van der Waals surface area contributed by atoms with E-state index in [-0.39, 0.29) is 0 Å². The van der Waals surface area contributed by atoms with E-state index in [1.165, 1.54) is 25.7 Å². The maximum atomic E-state index is 11.6. The summed E-state index contributed by atoms with van der Waals surface area (Å²) in [4.78, 5) is 2.37. The van der Waals surface area contributed by atoms with Crippen LogP contribution in [0.15, 0.2) is 0 Å². The van der Waals surface area contributed by atoms with Crippen LogP contribution in [-0.4, -0.2) is 57.5 Å². The summed E-state index contributed by atoms with van der Waals surface area (Å²) < 4.78 is 23.2. The number of hydrogen-bond donors (Lipinski definition) is 1. The summed E-state index contributed by atoms with van der Waals surface area (Å²) in [5.41, 5.74) is 0. The predicted octanol–water partition coefficient (Wildman–Crippen LogP) is 0.885. The third kappa shape index (κ3) is 3.93. The molecule has 2 aliphatic rings. The first-order chi connectivity index (χ1) is 8.61. The van der Waals surface area contributed by atoms with Gasteiger partial charge in [-0.2, -0.15) is 0 Å². The number of sulfone groups is 1. The minimum atomic E-state index is -2.77. The van der Waals surface area contributed by atoms with Gasteiger partial charge < -0.3 is 10.2 Å². The van der Waals surface area contributed by atoms with E-state index in [4.69, 9.17) is 0 Å². The van der Waals surface area contributed by atoms with Crippen LogP contribution in [0.1, 0.15) is 32.1 Å². The molecule has 1 saturated heterocycles. The summed E-state index contributed by atoms with van der Waals surface area (Å²) in [6, 6.07) is 0.624. The molecular formula is C13H26N2O2S. The molecule has 5 heteroatoms. The summed E-state index contributed by atoms with van der Waals surface area (Å²) in [6.07, 6.45) is 6.02. The Morgan fingerprint density at radius 2 is 1.89 bits per heavy atom. The number of nitrogens with zero attached hydrogens (tertiary/aromatic N) is 1. The van der Waals surface area contributed by atoms with Gasteiger partial charge in [0.1, 0.15) is 0 Å². The Kier molecular flexibility index (Phi) is 5.04. The molecule has 0 aromatic carbocycles. The topological polar surface area (TPSA) is 49.4 Å². The van der Waals surface area contributed by atoms with Gasteiger partial charge in [0.2, 0.25) is 0 Å². The first-order valence-corrected chi connectivity index (χ1v) is 9.03. The van der Waals surface area contributed by atoms with Gasteiger partial charge in [-0.3, -0.25) is 0 Å². The zero-order valence-electron chi connectivity index (χ0n) is 11.4. The van der Waals surface area contributed by atoms with Crippen LogP contribution in [0.2, 0.25) is 0 Å². The molecule has 1 aliphatic carbocycles. The van der Waals surface area contributed by atoms with Crippen molar-refractivity contribution in [1.29, 1.82) is 0 Å². The van der Waals surface area contributed by atoms with Gasteiger partial charge in [-0.05, 0) is 38.8 Å². The molecule has 1 aliphatic heterocycles. The molecule has 0 amide bonds. The molecule has 0 aromatic heterocycles. The molecule has 2 fully saturated rings. The Hall–Kier alpha value is -0.130. The molecule has 0 spiro atoms. The monoisotopic (exact) mass is 274 g/mol. The van der Waals surface area contributed by atoms with Crippen LogP contribution in [-0.2, 0) is 9.84 Å². The summed E-state index contributed by atoms with van der Waals surface area (Å²) in [5, 5.41) is 3.43. The normalized spacial score (nSPS) is 34.1. The van der Waals surface area contributed by atoms with Crippen LogP contribution in [0.3, 0.4) is 0 Å². The fourth-order valence-corrected chi connectivity index (χ4v) is 4.62. The smallest absolute Gasteiger partial charge is 0.151 e. The molecule has 2 unspecified atom stereocenters. The lowest BCUT2D eigenvalue weighted by atomic mass is 9.84. The molecule has 0 radical (unpaired) electrons. The highest BCUT2D eigenvalue weighted by molar-refractivity contribution is 7.91. The molecule has 1 N–H and O–H groups in total. The minimum absolute atomic E-state index is 0.351. The summed E-state index contributed by atoms with van der Waals surface area (Å²) in [6.45, 7) is 2.75. The van der Waals surface area contributed by atoms with Gasteiger partial charge in [-0.15, -0.1) is 0 Å². The fourth-order valence-electron chi connectivity index (χ4n) is 3.31. The van der Waals surface area contributed by atoms with Crippen molar-refractivity contribution in [3.05, 3.63) is 0 Å². The van der Waals surface area contributed by atoms with Crippen molar-refractivity contribution in [1.82, 2.24) is 10.2 Å². The Labute approximate surface area is 111 Å². The van der Waals surface area contributed by atoms with Crippen LogP contribution >= 0.6 is 0 Å². The zero-order valence-corrected chi connectivity index (χ0v) is 12.2. The maximum Gasteiger partial charge on any atom is 0.151 e. The second-order valence-corrected chi connectivity index (χ2v) is 8.05. The highest BCUT2D eigenvalue weighted by Gasteiger charge is 2.27. The first kappa shape index (κ1) is 14.3. The average Bonchev–Trinajstić information content (AvgIpc) is 2.52. The quantitative estimate of drug-likeness (QED) is 0.830. The lowest BCUT2D eigenvalue weighted by molar-refractivity contribution is 0.179. The van der Waals surface area contributed by atoms with Gasteiger partial charge >= 0.3 is 0 Å². The van der Waals surface area contributed by atoms with Crippen molar-refractivity contribution in [2.45, 2.75) is 38.1 Å². The first-order valence-electron chi connectivity index (χ1n) is 7.21. The molecule has 106 valence electrons. The van der Waals surface area contributed by atoms with Crippen molar-refractivity contribution in [3.8, 4) is 0 Å². The van der Waals surface area contributed by atoms with E-state index < -0.39 is 9.84 Å². The Bertz CT molecular complexity index is 356. The van der Waals surface area contributed by atoms with E-state index in [2.05, 4.69) is 17.3 Å². The summed E-state index contributed by atoms with van der Waals surface area (Å²) in [7, 11) is -0.718. The number of rotatable bonds is 3. The fraction of sp³-hybridized carbons (Fsp3) is 1.00. The van der Waals surface area contributed by atoms with Gasteiger partial charge in [0, 0.05) is 19.1 Å². The molecule has 1 heterocycles. The van der Waals surface area contributed by atoms with Gasteiger partial charge in [-0.25, -0.2) is 8.42 Å². The Balaban J connectivity index is 1.88. The second-order valence-electron chi connectivity index (χ2n) is 5.75. The van der Waals surface area contributed by atoms with Gasteiger partial charge in [-0.1, -0.05) is 12.8 Å². The lowest BCUT2D eigenvalue weighted by Crippen LogP contribution is -2.43. The molecule has 4 nitrogen and oxygen atoms in total. The van der Waals surface area contributed by atoms with Gasteiger partial charge in [0.25, 0.3) is 0 Å². The van der Waals surface area contributed by atoms with Crippen LogP contribution in [0.25, 0.3) is 0 Å². The SMILES string of the molecule is CNC1CCCCC1CN1CCCS(=O)(=O)CC1. The van der Waals surface area contributed by atoms with Crippen molar-refractivity contribution in [3.63, 3.8) is 0 Å². The standard InChI is InChI=1S/C13H26N2O2S/c1-14-13-6-3-2-5-12(13)11-15-7-4-9-18(16,17)10-8-15/h12-14H,2-11H2,1H3. The molecule has 0 bridgehead atoms.